The lowest BCUT2D eigenvalue weighted by molar-refractivity contribution is -0.185. The molecule has 9 heteroatoms. The molecule has 8 aliphatic rings. The van der Waals surface area contributed by atoms with Crippen LogP contribution < -0.4 is 15.8 Å². The maximum Gasteiger partial charge on any atom is 0.303 e. The van der Waals surface area contributed by atoms with E-state index in [9.17, 15) is 24.3 Å². The number of methoxy groups -OCH3 is 1. The van der Waals surface area contributed by atoms with Gasteiger partial charge in [-0.2, -0.15) is 0 Å². The van der Waals surface area contributed by atoms with Gasteiger partial charge in [0.25, 0.3) is 0 Å². The molecular weight excluding hydrogens is 765 g/mol. The van der Waals surface area contributed by atoms with Crippen molar-refractivity contribution in [3.05, 3.63) is 59.2 Å². The number of hydrogen-bond acceptors (Lipinski definition) is 8. The number of phenols is 1. The van der Waals surface area contributed by atoms with E-state index in [4.69, 9.17) is 15.2 Å². The summed E-state index contributed by atoms with van der Waals surface area (Å²) < 4.78 is 10.9. The predicted molar refractivity (Wildman–Crippen MR) is 240 cm³/mol. The van der Waals surface area contributed by atoms with E-state index >= 15 is 0 Å². The average molecular weight is 841 g/mol. The molecule has 6 fully saturated rings. The van der Waals surface area contributed by atoms with Crippen molar-refractivity contribution in [2.45, 2.75) is 169 Å². The molecule has 0 spiro atoms. The Morgan fingerprint density at radius 3 is 2.21 bits per heavy atom. The van der Waals surface area contributed by atoms with Crippen molar-refractivity contribution in [3.63, 3.8) is 0 Å². The van der Waals surface area contributed by atoms with Crippen LogP contribution in [0.2, 0.25) is 0 Å². The second-order valence-corrected chi connectivity index (χ2v) is 21.0. The molecule has 0 aromatic heterocycles. The van der Waals surface area contributed by atoms with Gasteiger partial charge < -0.3 is 25.6 Å². The van der Waals surface area contributed by atoms with E-state index in [-0.39, 0.29) is 40.0 Å². The Hall–Kier alpha value is -3.72. The minimum Gasteiger partial charge on any atom is -0.504 e. The highest BCUT2D eigenvalue weighted by Crippen LogP contribution is 2.68. The number of ether oxygens (including phenoxy) is 2. The molecule has 0 saturated heterocycles. The third-order valence-electron chi connectivity index (χ3n) is 16.2. The number of allylic oxidation sites excluding steroid dienone is 6. The van der Waals surface area contributed by atoms with E-state index in [1.54, 1.807) is 25.1 Å². The van der Waals surface area contributed by atoms with Gasteiger partial charge in [-0.05, 0) is 180 Å². The van der Waals surface area contributed by atoms with Crippen LogP contribution in [0.15, 0.2) is 53.6 Å². The fraction of sp³-hybridized carbons (Fsp3) is 0.692. The largest absolute Gasteiger partial charge is 0.504 e. The number of esters is 1. The number of carbonyl (C=O) groups excluding carboxylic acids is 4. The average Bonchev–Trinajstić information content (AvgIpc) is 3.48. The highest BCUT2D eigenvalue weighted by atomic mass is 16.6. The van der Waals surface area contributed by atoms with Crippen molar-refractivity contribution in [1.29, 1.82) is 0 Å². The van der Waals surface area contributed by atoms with Crippen LogP contribution in [0.5, 0.6) is 11.5 Å². The predicted octanol–water partition coefficient (Wildman–Crippen LogP) is 10.3. The number of fused-ring (bicyclic) bond motifs is 5. The molecule has 1 aromatic rings. The van der Waals surface area contributed by atoms with Crippen molar-refractivity contribution in [2.75, 3.05) is 7.11 Å². The first-order valence-electron chi connectivity index (χ1n) is 23.5. The van der Waals surface area contributed by atoms with Crippen LogP contribution in [0.25, 0.3) is 0 Å². The van der Waals surface area contributed by atoms with Crippen molar-refractivity contribution in [3.8, 4) is 11.5 Å². The van der Waals surface area contributed by atoms with Gasteiger partial charge in [-0.15, -0.1) is 0 Å². The lowest BCUT2D eigenvalue weighted by Gasteiger charge is -2.58. The van der Waals surface area contributed by atoms with E-state index in [2.05, 4.69) is 58.2 Å². The fourth-order valence-corrected chi connectivity index (χ4v) is 13.7. The molecule has 9 rings (SSSR count). The monoisotopic (exact) mass is 841 g/mol. The summed E-state index contributed by atoms with van der Waals surface area (Å²) in [4.78, 5) is 48.5. The second-order valence-electron chi connectivity index (χ2n) is 21.0. The van der Waals surface area contributed by atoms with Gasteiger partial charge >= 0.3 is 5.97 Å². The molecule has 0 radical (unpaired) electrons. The van der Waals surface area contributed by atoms with Crippen molar-refractivity contribution in [2.24, 2.45) is 58.0 Å². The Kier molecular flexibility index (Phi) is 14.5. The summed E-state index contributed by atoms with van der Waals surface area (Å²) in [5.74, 6) is 5.26. The molecule has 8 aliphatic carbocycles. The fourth-order valence-electron chi connectivity index (χ4n) is 13.7. The molecule has 4 bridgehead atoms. The van der Waals surface area contributed by atoms with E-state index in [1.807, 2.05) is 6.08 Å². The van der Waals surface area contributed by atoms with Crippen LogP contribution >= 0.6 is 0 Å². The molecule has 1 amide bonds. The third-order valence-corrected chi connectivity index (χ3v) is 16.2. The maximum absolute atomic E-state index is 12.8. The number of phenolic OH excluding ortho intramolecular Hbond substituents is 1. The Balaban J connectivity index is 0.000000166. The number of unbranched alkanes of at least 4 members (excludes halogenated alkanes) is 2. The van der Waals surface area contributed by atoms with E-state index in [0.29, 0.717) is 60.8 Å². The minimum absolute atomic E-state index is 0.0160. The van der Waals surface area contributed by atoms with Gasteiger partial charge in [0.1, 0.15) is 0 Å². The number of benzene rings is 1. The summed E-state index contributed by atoms with van der Waals surface area (Å²) in [5, 5.41) is 12.4. The Bertz CT molecular complexity index is 1860. The highest BCUT2D eigenvalue weighted by Gasteiger charge is 2.67. The van der Waals surface area contributed by atoms with Gasteiger partial charge in [-0.1, -0.05) is 57.6 Å². The number of nitrogens with two attached hydrogens (primary N) is 1. The highest BCUT2D eigenvalue weighted by molar-refractivity contribution is 5.92. The zero-order valence-electron chi connectivity index (χ0n) is 38.6. The first kappa shape index (κ1) is 46.8. The number of nitrogens with one attached hydrogen (secondary N) is 1. The smallest absolute Gasteiger partial charge is 0.303 e. The summed E-state index contributed by atoms with van der Waals surface area (Å²) in [6, 6.07) is 5.07. The Morgan fingerprint density at radius 2 is 1.62 bits per heavy atom. The van der Waals surface area contributed by atoms with Crippen LogP contribution in [-0.2, 0) is 30.5 Å². The SMILES string of the molecule is CC(=O)O[C@]1(C(C)=O)CC[C@H]2[C@@H]3C=C(C)C4=CC(=O)CC[C@]4(C)[C@H]3CC[C@@]21C.COc1cc(CNC(=O)CCCC/C=C/C(C)C)ccc1O.NC12CC3CC(CC(C3)C1)C2. The Labute approximate surface area is 366 Å². The normalized spacial score (nSPS) is 35.3. The van der Waals surface area contributed by atoms with Gasteiger partial charge in [0, 0.05) is 37.3 Å². The third kappa shape index (κ3) is 10.1. The number of rotatable bonds is 11. The molecule has 9 nitrogen and oxygen atoms in total. The summed E-state index contributed by atoms with van der Waals surface area (Å²) >= 11 is 0. The zero-order valence-corrected chi connectivity index (χ0v) is 38.6. The van der Waals surface area contributed by atoms with Gasteiger partial charge in [-0.25, -0.2) is 0 Å². The summed E-state index contributed by atoms with van der Waals surface area (Å²) in [6.07, 6.45) is 25.6. The number of ketones is 2. The van der Waals surface area contributed by atoms with Crippen LogP contribution in [0.1, 0.15) is 157 Å². The molecule has 336 valence electrons. The lowest BCUT2D eigenvalue weighted by Crippen LogP contribution is -2.58. The number of aromatic hydroxyl groups is 1. The molecule has 61 heavy (non-hydrogen) atoms. The topological polar surface area (TPSA) is 145 Å². The van der Waals surface area contributed by atoms with Gasteiger partial charge in [0.2, 0.25) is 5.91 Å². The molecule has 6 saturated carbocycles. The minimum atomic E-state index is -0.990. The zero-order chi connectivity index (χ0) is 44.3. The second kappa shape index (κ2) is 18.9. The van der Waals surface area contributed by atoms with Crippen molar-refractivity contribution >= 4 is 23.4 Å². The standard InChI is InChI=1S/C24H32O4.C18H27NO3.C10H17N/c1-14-12-18-19(22(4)9-6-17(27)13-21(14)22)7-10-23(5)20(18)8-11-24(23,15(2)25)28-16(3)26;1-14(2)8-6-4-5-7-9-18(21)19-13-15-10-11-16(20)17(12-15)22-3;11-10-4-7-1-8(5-10)3-9(2-7)6-10/h12-13,18-20H,6-11H2,1-5H3;6,8,10-12,14,20H,4-5,7,9,13H2,1-3H3,(H,19,21);7-9H,1-6,11H2/b;8-6+;/t18-,19+,20+,22-,23+,24+;;/m1../s1. The van der Waals surface area contributed by atoms with Crippen molar-refractivity contribution in [1.82, 2.24) is 5.32 Å². The van der Waals surface area contributed by atoms with Crippen LogP contribution in [-0.4, -0.2) is 46.8 Å². The number of amides is 1. The van der Waals surface area contributed by atoms with E-state index in [0.717, 1.165) is 68.3 Å². The summed E-state index contributed by atoms with van der Waals surface area (Å²) in [7, 11) is 1.51. The molecule has 1 aromatic carbocycles. The molecule has 4 N–H and O–H groups in total. The van der Waals surface area contributed by atoms with Crippen LogP contribution in [0.4, 0.5) is 0 Å². The van der Waals surface area contributed by atoms with Crippen LogP contribution in [0, 0.1) is 52.3 Å². The van der Waals surface area contributed by atoms with Crippen molar-refractivity contribution < 1.29 is 33.8 Å². The van der Waals surface area contributed by atoms with E-state index in [1.165, 1.54) is 63.7 Å². The van der Waals surface area contributed by atoms with Gasteiger partial charge in [0.15, 0.2) is 28.7 Å². The van der Waals surface area contributed by atoms with Gasteiger partial charge in [-0.3, -0.25) is 19.2 Å². The lowest BCUT2D eigenvalue weighted by atomic mass is 9.47. The summed E-state index contributed by atoms with van der Waals surface area (Å²) in [6.45, 7) is 14.4. The first-order chi connectivity index (χ1) is 28.8. The number of Topliss-reactive ketones (excluding diaryl/α,β-unsaturated/α-hetero) is 1. The molecule has 0 unspecified atom stereocenters. The first-order valence-corrected chi connectivity index (χ1v) is 23.5. The van der Waals surface area contributed by atoms with E-state index < -0.39 is 5.60 Å². The Morgan fingerprint density at radius 1 is 0.967 bits per heavy atom. The number of hydrogen-bond donors (Lipinski definition) is 3. The molecule has 6 atom stereocenters. The molecular formula is C52H76N2O7. The van der Waals surface area contributed by atoms with Gasteiger partial charge in [0.05, 0.1) is 7.11 Å². The summed E-state index contributed by atoms with van der Waals surface area (Å²) in [5.41, 5.74) is 8.68. The maximum atomic E-state index is 12.8. The molecule has 0 heterocycles. The van der Waals surface area contributed by atoms with Crippen LogP contribution in [0.3, 0.4) is 0 Å². The molecule has 0 aliphatic heterocycles. The number of carbonyl (C=O) groups is 4. The quantitative estimate of drug-likeness (QED) is 0.113.